The lowest BCUT2D eigenvalue weighted by Gasteiger charge is -2.31. The Kier molecular flexibility index (Phi) is 5.35. The zero-order valence-electron chi connectivity index (χ0n) is 13.5. The SMILES string of the molecule is O=C(O)c1ccc(O[C@@H]2OCCO[C@H]2Oc2ccc(C(=O)O)cc2)cc1. The third kappa shape index (κ3) is 4.29. The van der Waals surface area contributed by atoms with Crippen LogP contribution < -0.4 is 9.47 Å². The van der Waals surface area contributed by atoms with E-state index < -0.39 is 24.5 Å². The highest BCUT2D eigenvalue weighted by atomic mass is 16.8. The van der Waals surface area contributed by atoms with Gasteiger partial charge in [0, 0.05) is 0 Å². The van der Waals surface area contributed by atoms with Gasteiger partial charge in [-0.2, -0.15) is 0 Å². The minimum atomic E-state index is -1.03. The van der Waals surface area contributed by atoms with Crippen LogP contribution in [0.1, 0.15) is 20.7 Å². The minimum absolute atomic E-state index is 0.143. The van der Waals surface area contributed by atoms with Gasteiger partial charge >= 0.3 is 11.9 Å². The quantitative estimate of drug-likeness (QED) is 0.807. The van der Waals surface area contributed by atoms with E-state index in [1.54, 1.807) is 0 Å². The number of benzene rings is 2. The molecule has 2 N–H and O–H groups in total. The van der Waals surface area contributed by atoms with Crippen molar-refractivity contribution in [1.82, 2.24) is 0 Å². The predicted octanol–water partition coefficient (Wildman–Crippen LogP) is 2.24. The first-order valence-corrected chi connectivity index (χ1v) is 7.76. The first-order valence-electron chi connectivity index (χ1n) is 7.76. The second-order valence-electron chi connectivity index (χ2n) is 5.37. The zero-order valence-corrected chi connectivity index (χ0v) is 13.5. The van der Waals surface area contributed by atoms with E-state index in [9.17, 15) is 9.59 Å². The molecule has 1 fully saturated rings. The van der Waals surface area contributed by atoms with Crippen LogP contribution in [0.2, 0.25) is 0 Å². The maximum absolute atomic E-state index is 10.9. The summed E-state index contributed by atoms with van der Waals surface area (Å²) >= 11 is 0. The smallest absolute Gasteiger partial charge is 0.335 e. The Labute approximate surface area is 148 Å². The van der Waals surface area contributed by atoms with Crippen molar-refractivity contribution in [3.05, 3.63) is 59.7 Å². The molecule has 0 bridgehead atoms. The van der Waals surface area contributed by atoms with E-state index >= 15 is 0 Å². The van der Waals surface area contributed by atoms with E-state index in [1.807, 2.05) is 0 Å². The van der Waals surface area contributed by atoms with Gasteiger partial charge in [0.2, 0.25) is 0 Å². The Balaban J connectivity index is 1.67. The zero-order chi connectivity index (χ0) is 18.5. The molecule has 8 nitrogen and oxygen atoms in total. The molecule has 8 heteroatoms. The van der Waals surface area contributed by atoms with Crippen molar-refractivity contribution in [2.75, 3.05) is 13.2 Å². The molecule has 1 saturated heterocycles. The van der Waals surface area contributed by atoms with Crippen molar-refractivity contribution in [3.63, 3.8) is 0 Å². The summed E-state index contributed by atoms with van der Waals surface area (Å²) in [6.07, 6.45) is -1.72. The molecule has 3 rings (SSSR count). The van der Waals surface area contributed by atoms with Crippen LogP contribution in [0, 0.1) is 0 Å². The van der Waals surface area contributed by atoms with Gasteiger partial charge in [-0.05, 0) is 48.5 Å². The lowest BCUT2D eigenvalue weighted by atomic mass is 10.2. The molecule has 1 aliphatic rings. The summed E-state index contributed by atoms with van der Waals surface area (Å²) in [7, 11) is 0. The highest BCUT2D eigenvalue weighted by Crippen LogP contribution is 2.22. The molecule has 0 saturated carbocycles. The molecule has 1 heterocycles. The summed E-state index contributed by atoms with van der Waals surface area (Å²) in [6.45, 7) is 0.630. The third-order valence-electron chi connectivity index (χ3n) is 3.58. The summed E-state index contributed by atoms with van der Waals surface area (Å²) in [5, 5.41) is 17.8. The van der Waals surface area contributed by atoms with E-state index in [1.165, 1.54) is 48.5 Å². The van der Waals surface area contributed by atoms with Crippen molar-refractivity contribution in [2.24, 2.45) is 0 Å². The Morgan fingerprint density at radius 3 is 1.38 bits per heavy atom. The predicted molar refractivity (Wildman–Crippen MR) is 87.5 cm³/mol. The van der Waals surface area contributed by atoms with E-state index in [2.05, 4.69) is 0 Å². The highest BCUT2D eigenvalue weighted by Gasteiger charge is 2.31. The standard InChI is InChI=1S/C18H16O8/c19-15(20)11-1-5-13(6-2-11)25-17-18(24-10-9-23-17)26-14-7-3-12(4-8-14)16(21)22/h1-8,17-18H,9-10H2,(H,19,20)(H,21,22)/t17-,18-/m0/s1. The molecular weight excluding hydrogens is 344 g/mol. The number of aromatic carboxylic acids is 2. The Bertz CT molecular complexity index is 701. The van der Waals surface area contributed by atoms with E-state index in [4.69, 9.17) is 29.2 Å². The van der Waals surface area contributed by atoms with Crippen LogP contribution in [-0.4, -0.2) is 47.9 Å². The van der Waals surface area contributed by atoms with Crippen LogP contribution in [0.15, 0.2) is 48.5 Å². The molecular formula is C18H16O8. The molecule has 0 unspecified atom stereocenters. The van der Waals surface area contributed by atoms with Crippen molar-refractivity contribution >= 4 is 11.9 Å². The summed E-state index contributed by atoms with van der Waals surface area (Å²) < 4.78 is 22.4. The number of carboxylic acid groups (broad SMARTS) is 2. The lowest BCUT2D eigenvalue weighted by Crippen LogP contribution is -2.45. The first-order chi connectivity index (χ1) is 12.5. The van der Waals surface area contributed by atoms with Crippen LogP contribution in [-0.2, 0) is 9.47 Å². The number of hydrogen-bond donors (Lipinski definition) is 2. The normalized spacial score (nSPS) is 19.5. The molecule has 26 heavy (non-hydrogen) atoms. The second-order valence-corrected chi connectivity index (χ2v) is 5.37. The summed E-state index contributed by atoms with van der Waals surface area (Å²) in [5.74, 6) is -1.25. The molecule has 1 aliphatic heterocycles. The van der Waals surface area contributed by atoms with Gasteiger partial charge in [0.15, 0.2) is 0 Å². The van der Waals surface area contributed by atoms with Gasteiger partial charge in [0.1, 0.15) is 11.5 Å². The van der Waals surface area contributed by atoms with Crippen LogP contribution >= 0.6 is 0 Å². The second kappa shape index (κ2) is 7.85. The van der Waals surface area contributed by atoms with Gasteiger partial charge in [-0.1, -0.05) is 0 Å². The largest absolute Gasteiger partial charge is 0.478 e. The van der Waals surface area contributed by atoms with Gasteiger partial charge < -0.3 is 29.2 Å². The van der Waals surface area contributed by atoms with Crippen LogP contribution in [0.25, 0.3) is 0 Å². The van der Waals surface area contributed by atoms with E-state index in [-0.39, 0.29) is 11.1 Å². The van der Waals surface area contributed by atoms with Gasteiger partial charge in [0.25, 0.3) is 12.6 Å². The number of carbonyl (C=O) groups is 2. The summed E-state index contributed by atoms with van der Waals surface area (Å²) in [6, 6.07) is 11.7. The number of rotatable bonds is 6. The van der Waals surface area contributed by atoms with E-state index in [0.29, 0.717) is 24.7 Å². The number of ether oxygens (including phenoxy) is 4. The first kappa shape index (κ1) is 17.7. The molecule has 2 atom stereocenters. The summed E-state index contributed by atoms with van der Waals surface area (Å²) in [4.78, 5) is 21.8. The minimum Gasteiger partial charge on any atom is -0.478 e. The molecule has 0 amide bonds. The molecule has 0 spiro atoms. The van der Waals surface area contributed by atoms with Crippen LogP contribution in [0.5, 0.6) is 11.5 Å². The topological polar surface area (TPSA) is 112 Å². The third-order valence-corrected chi connectivity index (χ3v) is 3.58. The van der Waals surface area contributed by atoms with Crippen molar-refractivity contribution in [1.29, 1.82) is 0 Å². The molecule has 0 aromatic heterocycles. The fourth-order valence-corrected chi connectivity index (χ4v) is 2.29. The average molecular weight is 360 g/mol. The fourth-order valence-electron chi connectivity index (χ4n) is 2.29. The fraction of sp³-hybridized carbons (Fsp3) is 0.222. The summed E-state index contributed by atoms with van der Waals surface area (Å²) in [5.41, 5.74) is 0.286. The van der Waals surface area contributed by atoms with Gasteiger partial charge in [-0.15, -0.1) is 0 Å². The monoisotopic (exact) mass is 360 g/mol. The Morgan fingerprint density at radius 2 is 1.08 bits per heavy atom. The maximum Gasteiger partial charge on any atom is 0.335 e. The van der Waals surface area contributed by atoms with Gasteiger partial charge in [-0.3, -0.25) is 0 Å². The number of carboxylic acids is 2. The van der Waals surface area contributed by atoms with E-state index in [0.717, 1.165) is 0 Å². The van der Waals surface area contributed by atoms with Gasteiger partial charge in [0.05, 0.1) is 24.3 Å². The molecule has 2 aromatic carbocycles. The Morgan fingerprint density at radius 1 is 0.731 bits per heavy atom. The number of hydrogen-bond acceptors (Lipinski definition) is 6. The molecule has 136 valence electrons. The molecule has 0 aliphatic carbocycles. The van der Waals surface area contributed by atoms with Crippen molar-refractivity contribution in [3.8, 4) is 11.5 Å². The van der Waals surface area contributed by atoms with Crippen LogP contribution in [0.3, 0.4) is 0 Å². The average Bonchev–Trinajstić information content (AvgIpc) is 2.64. The van der Waals surface area contributed by atoms with Crippen LogP contribution in [0.4, 0.5) is 0 Å². The molecule has 2 aromatic rings. The lowest BCUT2D eigenvalue weighted by molar-refractivity contribution is -0.271. The maximum atomic E-state index is 10.9. The molecule has 0 radical (unpaired) electrons. The Hall–Kier alpha value is -3.10. The van der Waals surface area contributed by atoms with Crippen molar-refractivity contribution in [2.45, 2.75) is 12.6 Å². The highest BCUT2D eigenvalue weighted by molar-refractivity contribution is 5.88. The van der Waals surface area contributed by atoms with Gasteiger partial charge in [-0.25, -0.2) is 9.59 Å². The van der Waals surface area contributed by atoms with Crippen molar-refractivity contribution < 1.29 is 38.7 Å².